The number of anilines is 1. The minimum absolute atomic E-state index is 0.154. The molecule has 1 N–H and O–H groups in total. The minimum atomic E-state index is -0.154. The van der Waals surface area contributed by atoms with Gasteiger partial charge < -0.3 is 5.32 Å². The molecule has 100 valence electrons. The average Bonchev–Trinajstić information content (AvgIpc) is 2.90. The van der Waals surface area contributed by atoms with Crippen molar-refractivity contribution in [2.45, 2.75) is 6.92 Å². The maximum atomic E-state index is 12.4. The molecular weight excluding hydrogens is 318 g/mol. The molecule has 1 aromatic carbocycles. The summed E-state index contributed by atoms with van der Waals surface area (Å²) >= 11 is 3.41. The van der Waals surface area contributed by atoms with E-state index in [0.717, 1.165) is 21.4 Å². The van der Waals surface area contributed by atoms with Gasteiger partial charge in [0.2, 0.25) is 0 Å². The number of rotatable bonds is 2. The maximum Gasteiger partial charge on any atom is 0.272 e. The van der Waals surface area contributed by atoms with E-state index in [1.54, 1.807) is 22.9 Å². The highest BCUT2D eigenvalue weighted by Gasteiger charge is 2.11. The summed E-state index contributed by atoms with van der Waals surface area (Å²) in [6.07, 6.45) is 3.45. The molecule has 0 aliphatic carbocycles. The normalized spacial score (nSPS) is 10.7. The summed E-state index contributed by atoms with van der Waals surface area (Å²) in [5.74, 6) is -0.154. The first-order chi connectivity index (χ1) is 9.65. The van der Waals surface area contributed by atoms with Crippen molar-refractivity contribution in [1.29, 1.82) is 0 Å². The van der Waals surface area contributed by atoms with Gasteiger partial charge in [0.1, 0.15) is 11.3 Å². The smallest absolute Gasteiger partial charge is 0.272 e. The molecule has 3 rings (SSSR count). The number of carbonyl (C=O) groups excluding carboxylic acids is 1. The molecule has 5 heteroatoms. The summed E-state index contributed by atoms with van der Waals surface area (Å²) in [6, 6.07) is 11.2. The van der Waals surface area contributed by atoms with E-state index >= 15 is 0 Å². The summed E-state index contributed by atoms with van der Waals surface area (Å²) in [5, 5.41) is 2.93. The molecule has 3 aromatic rings. The fraction of sp³-hybridized carbons (Fsp3) is 0.0667. The molecule has 0 aliphatic rings. The summed E-state index contributed by atoms with van der Waals surface area (Å²) < 4.78 is 2.76. The first-order valence-electron chi connectivity index (χ1n) is 6.15. The Balaban J connectivity index is 1.95. The number of aryl methyl sites for hydroxylation is 1. The number of hydrogen-bond donors (Lipinski definition) is 1. The molecule has 0 atom stereocenters. The minimum Gasteiger partial charge on any atom is -0.320 e. The third-order valence-corrected chi connectivity index (χ3v) is 3.59. The van der Waals surface area contributed by atoms with Crippen LogP contribution in [0.25, 0.3) is 5.65 Å². The van der Waals surface area contributed by atoms with E-state index in [1.165, 1.54) is 0 Å². The number of pyridine rings is 1. The van der Waals surface area contributed by atoms with E-state index in [2.05, 4.69) is 26.2 Å². The van der Waals surface area contributed by atoms with Crippen LogP contribution in [-0.4, -0.2) is 15.3 Å². The molecule has 0 saturated carbocycles. The highest BCUT2D eigenvalue weighted by Crippen LogP contribution is 2.20. The predicted octanol–water partition coefficient (Wildman–Crippen LogP) is 3.66. The lowest BCUT2D eigenvalue weighted by Crippen LogP contribution is -2.16. The second-order valence-electron chi connectivity index (χ2n) is 4.48. The van der Waals surface area contributed by atoms with Gasteiger partial charge in [-0.25, -0.2) is 4.98 Å². The molecule has 4 nitrogen and oxygen atoms in total. The zero-order chi connectivity index (χ0) is 14.1. The van der Waals surface area contributed by atoms with E-state index in [9.17, 15) is 4.79 Å². The van der Waals surface area contributed by atoms with Gasteiger partial charge in [-0.05, 0) is 42.8 Å². The zero-order valence-electron chi connectivity index (χ0n) is 10.8. The number of carbonyl (C=O) groups is 1. The number of nitrogens with one attached hydrogen (secondary N) is 1. The first kappa shape index (κ1) is 12.9. The van der Waals surface area contributed by atoms with Gasteiger partial charge in [0, 0.05) is 22.6 Å². The van der Waals surface area contributed by atoms with E-state index < -0.39 is 0 Å². The van der Waals surface area contributed by atoms with Crippen molar-refractivity contribution in [3.05, 3.63) is 64.5 Å². The molecule has 0 radical (unpaired) electrons. The topological polar surface area (TPSA) is 46.4 Å². The molecule has 0 bridgehead atoms. The number of nitrogens with zero attached hydrogens (tertiary/aromatic N) is 2. The molecule has 20 heavy (non-hydrogen) atoms. The number of aromatic nitrogens is 2. The number of benzene rings is 1. The molecular formula is C15H12BrN3O. The molecule has 2 aromatic heterocycles. The highest BCUT2D eigenvalue weighted by molar-refractivity contribution is 9.10. The van der Waals surface area contributed by atoms with E-state index in [-0.39, 0.29) is 5.91 Å². The van der Waals surface area contributed by atoms with Crippen LogP contribution in [0.15, 0.2) is 53.3 Å². The lowest BCUT2D eigenvalue weighted by atomic mass is 10.2. The van der Waals surface area contributed by atoms with Crippen molar-refractivity contribution in [2.24, 2.45) is 0 Å². The Bertz CT molecular complexity index is 795. The van der Waals surface area contributed by atoms with Crippen LogP contribution in [0.2, 0.25) is 0 Å². The second-order valence-corrected chi connectivity index (χ2v) is 5.40. The number of hydrogen-bond acceptors (Lipinski definition) is 2. The fourth-order valence-corrected chi connectivity index (χ4v) is 2.56. The van der Waals surface area contributed by atoms with Gasteiger partial charge in [0.15, 0.2) is 0 Å². The van der Waals surface area contributed by atoms with Crippen LogP contribution in [0, 0.1) is 6.92 Å². The number of halogens is 1. The lowest BCUT2D eigenvalue weighted by Gasteiger charge is -2.10. The maximum absolute atomic E-state index is 12.4. The van der Waals surface area contributed by atoms with E-state index in [4.69, 9.17) is 0 Å². The Kier molecular flexibility index (Phi) is 3.28. The third kappa shape index (κ3) is 2.32. The number of imidazole rings is 1. The molecule has 0 unspecified atom stereocenters. The Morgan fingerprint density at radius 1 is 1.30 bits per heavy atom. The second kappa shape index (κ2) is 5.09. The molecule has 0 aliphatic heterocycles. The van der Waals surface area contributed by atoms with Crippen molar-refractivity contribution in [3.8, 4) is 0 Å². The average molecular weight is 330 g/mol. The quantitative estimate of drug-likeness (QED) is 0.779. The van der Waals surface area contributed by atoms with Crippen molar-refractivity contribution in [3.63, 3.8) is 0 Å². The van der Waals surface area contributed by atoms with Crippen LogP contribution in [0.1, 0.15) is 16.1 Å². The number of fused-ring (bicyclic) bond motifs is 1. The van der Waals surface area contributed by atoms with Gasteiger partial charge in [-0.3, -0.25) is 9.20 Å². The van der Waals surface area contributed by atoms with E-state index in [0.29, 0.717) is 5.69 Å². The van der Waals surface area contributed by atoms with Gasteiger partial charge >= 0.3 is 0 Å². The predicted molar refractivity (Wildman–Crippen MR) is 82.0 cm³/mol. The van der Waals surface area contributed by atoms with E-state index in [1.807, 2.05) is 37.3 Å². The first-order valence-corrected chi connectivity index (χ1v) is 6.94. The van der Waals surface area contributed by atoms with Gasteiger partial charge in [0.05, 0.1) is 0 Å². The Hall–Kier alpha value is -2.14. The molecule has 0 saturated heterocycles. The lowest BCUT2D eigenvalue weighted by molar-refractivity contribution is 0.102. The van der Waals surface area contributed by atoms with Gasteiger partial charge in [-0.2, -0.15) is 0 Å². The third-order valence-electron chi connectivity index (χ3n) is 3.10. The van der Waals surface area contributed by atoms with Crippen molar-refractivity contribution in [1.82, 2.24) is 9.38 Å². The van der Waals surface area contributed by atoms with Crippen LogP contribution in [0.3, 0.4) is 0 Å². The fourth-order valence-electron chi connectivity index (χ4n) is 2.09. The Morgan fingerprint density at radius 3 is 2.95 bits per heavy atom. The van der Waals surface area contributed by atoms with Gasteiger partial charge in [-0.1, -0.05) is 22.0 Å². The van der Waals surface area contributed by atoms with Crippen LogP contribution in [-0.2, 0) is 0 Å². The molecule has 0 spiro atoms. The van der Waals surface area contributed by atoms with Crippen LogP contribution >= 0.6 is 15.9 Å². The van der Waals surface area contributed by atoms with Crippen LogP contribution in [0.5, 0.6) is 0 Å². The van der Waals surface area contributed by atoms with Gasteiger partial charge in [0.25, 0.3) is 5.91 Å². The number of amides is 1. The SMILES string of the molecule is Cc1cc(Br)ccc1NC(=O)c1cccc2nccn12. The van der Waals surface area contributed by atoms with Crippen molar-refractivity contribution >= 4 is 33.2 Å². The summed E-state index contributed by atoms with van der Waals surface area (Å²) in [7, 11) is 0. The standard InChI is InChI=1S/C15H12BrN3O/c1-10-9-11(16)5-6-12(10)18-15(20)13-3-2-4-14-17-7-8-19(13)14/h2-9H,1H3,(H,18,20). The van der Waals surface area contributed by atoms with Crippen LogP contribution in [0.4, 0.5) is 5.69 Å². The Morgan fingerprint density at radius 2 is 2.15 bits per heavy atom. The zero-order valence-corrected chi connectivity index (χ0v) is 12.4. The molecule has 0 fully saturated rings. The molecule has 2 heterocycles. The highest BCUT2D eigenvalue weighted by atomic mass is 79.9. The van der Waals surface area contributed by atoms with Gasteiger partial charge in [-0.15, -0.1) is 0 Å². The largest absolute Gasteiger partial charge is 0.320 e. The molecule has 1 amide bonds. The van der Waals surface area contributed by atoms with Crippen molar-refractivity contribution in [2.75, 3.05) is 5.32 Å². The monoisotopic (exact) mass is 329 g/mol. The summed E-state index contributed by atoms with van der Waals surface area (Å²) in [4.78, 5) is 16.6. The summed E-state index contributed by atoms with van der Waals surface area (Å²) in [5.41, 5.74) is 3.12. The summed E-state index contributed by atoms with van der Waals surface area (Å²) in [6.45, 7) is 1.96. The van der Waals surface area contributed by atoms with Crippen molar-refractivity contribution < 1.29 is 4.79 Å². The van der Waals surface area contributed by atoms with Crippen LogP contribution < -0.4 is 5.32 Å². The Labute approximate surface area is 124 Å².